The smallest absolute Gasteiger partial charge is 0.349 e. The Balaban J connectivity index is 1.54. The molecule has 4 rings (SSSR count). The summed E-state index contributed by atoms with van der Waals surface area (Å²) in [7, 11) is 1.57. The molecular weight excluding hydrogens is 544 g/mol. The first-order chi connectivity index (χ1) is 19.6. The van der Waals surface area contributed by atoms with Crippen molar-refractivity contribution < 1.29 is 28.5 Å². The number of carbonyl (C=O) groups is 1. The molecule has 0 radical (unpaired) electrons. The SMILES string of the molecule is COc1cc(C2C(C#N)=C(N)Oc3cc(OC(=O)COc4cc(C)c(Cl)c(C)c4)ccc32)ccc1OCCC(C)C. The number of methoxy groups -OCH3 is 1. The molecule has 0 aromatic heterocycles. The van der Waals surface area contributed by atoms with Crippen LogP contribution in [0, 0.1) is 31.1 Å². The van der Waals surface area contributed by atoms with Crippen LogP contribution in [0.3, 0.4) is 0 Å². The molecule has 0 bridgehead atoms. The van der Waals surface area contributed by atoms with Crippen LogP contribution < -0.4 is 29.4 Å². The summed E-state index contributed by atoms with van der Waals surface area (Å²) in [6.07, 6.45) is 0.912. The molecule has 1 aliphatic heterocycles. The van der Waals surface area contributed by atoms with Crippen molar-refractivity contribution in [2.75, 3.05) is 20.3 Å². The molecule has 0 saturated heterocycles. The number of hydrogen-bond donors (Lipinski definition) is 1. The fraction of sp³-hybridized carbons (Fsp3) is 0.312. The highest BCUT2D eigenvalue weighted by atomic mass is 35.5. The minimum absolute atomic E-state index is 0.0264. The lowest BCUT2D eigenvalue weighted by atomic mass is 9.83. The van der Waals surface area contributed by atoms with Gasteiger partial charge < -0.3 is 29.4 Å². The molecule has 1 heterocycles. The summed E-state index contributed by atoms with van der Waals surface area (Å²) in [5.41, 5.74) is 9.59. The summed E-state index contributed by atoms with van der Waals surface area (Å²) in [6, 6.07) is 16.2. The number of hydrogen-bond acceptors (Lipinski definition) is 8. The van der Waals surface area contributed by atoms with E-state index in [4.69, 9.17) is 41.0 Å². The molecule has 1 aliphatic rings. The number of allylic oxidation sites excluding steroid dienone is 1. The van der Waals surface area contributed by atoms with Crippen molar-refractivity contribution in [1.29, 1.82) is 5.26 Å². The Morgan fingerprint density at radius 3 is 2.44 bits per heavy atom. The Kier molecular flexibility index (Phi) is 9.31. The third-order valence-corrected chi connectivity index (χ3v) is 7.26. The van der Waals surface area contributed by atoms with Crippen molar-refractivity contribution in [3.63, 3.8) is 0 Å². The number of rotatable bonds is 10. The van der Waals surface area contributed by atoms with Crippen LogP contribution in [0.1, 0.15) is 48.4 Å². The monoisotopic (exact) mass is 576 g/mol. The van der Waals surface area contributed by atoms with Gasteiger partial charge in [-0.05, 0) is 73.2 Å². The van der Waals surface area contributed by atoms with Gasteiger partial charge in [0.05, 0.1) is 19.6 Å². The van der Waals surface area contributed by atoms with Gasteiger partial charge in [0.2, 0.25) is 5.88 Å². The lowest BCUT2D eigenvalue weighted by molar-refractivity contribution is -0.136. The van der Waals surface area contributed by atoms with Crippen LogP contribution in [-0.4, -0.2) is 26.3 Å². The Hall–Kier alpha value is -4.35. The molecule has 0 amide bonds. The van der Waals surface area contributed by atoms with Crippen molar-refractivity contribution in [3.05, 3.63) is 87.3 Å². The van der Waals surface area contributed by atoms with E-state index >= 15 is 0 Å². The Labute approximate surface area is 245 Å². The Morgan fingerprint density at radius 2 is 1.78 bits per heavy atom. The number of nitrogens with zero attached hydrogens (tertiary/aromatic N) is 1. The molecule has 0 aliphatic carbocycles. The maximum Gasteiger partial charge on any atom is 0.349 e. The zero-order valence-electron chi connectivity index (χ0n) is 23.7. The first-order valence-electron chi connectivity index (χ1n) is 13.2. The molecule has 0 saturated carbocycles. The standard InChI is InChI=1S/C32H33ClN2O6/c1-18(2)10-11-38-26-9-6-21(14-28(26)37-5)30-24-8-7-22(15-27(24)41-32(35)25(30)16-34)40-29(36)17-39-23-12-19(3)31(33)20(4)13-23/h6-9,12-15,18,30H,10-11,17,35H2,1-5H3. The van der Waals surface area contributed by atoms with Gasteiger partial charge in [-0.25, -0.2) is 4.79 Å². The maximum atomic E-state index is 12.5. The van der Waals surface area contributed by atoms with E-state index in [1.54, 1.807) is 37.4 Å². The van der Waals surface area contributed by atoms with Gasteiger partial charge in [0, 0.05) is 16.7 Å². The van der Waals surface area contributed by atoms with E-state index in [1.807, 2.05) is 32.0 Å². The van der Waals surface area contributed by atoms with Gasteiger partial charge in [0.15, 0.2) is 18.1 Å². The summed E-state index contributed by atoms with van der Waals surface area (Å²) in [5, 5.41) is 10.6. The number of carbonyl (C=O) groups excluding carboxylic acids is 1. The molecule has 3 aromatic carbocycles. The van der Waals surface area contributed by atoms with Crippen molar-refractivity contribution in [2.24, 2.45) is 11.7 Å². The summed E-state index contributed by atoms with van der Waals surface area (Å²) in [6.45, 7) is 8.27. The van der Waals surface area contributed by atoms with E-state index < -0.39 is 11.9 Å². The average molecular weight is 577 g/mol. The summed E-state index contributed by atoms with van der Waals surface area (Å²) >= 11 is 6.20. The number of nitrogens with two attached hydrogens (primary N) is 1. The third-order valence-electron chi connectivity index (χ3n) is 6.66. The summed E-state index contributed by atoms with van der Waals surface area (Å²) in [4.78, 5) is 12.5. The molecule has 2 N–H and O–H groups in total. The van der Waals surface area contributed by atoms with Crippen molar-refractivity contribution in [2.45, 2.75) is 40.0 Å². The summed E-state index contributed by atoms with van der Waals surface area (Å²) in [5.74, 6) is 1.68. The van der Waals surface area contributed by atoms with Crippen LogP contribution in [0.4, 0.5) is 0 Å². The zero-order valence-corrected chi connectivity index (χ0v) is 24.5. The minimum atomic E-state index is -0.596. The summed E-state index contributed by atoms with van der Waals surface area (Å²) < 4.78 is 28.4. The molecule has 0 spiro atoms. The minimum Gasteiger partial charge on any atom is -0.493 e. The molecule has 214 valence electrons. The van der Waals surface area contributed by atoms with Gasteiger partial charge in [-0.15, -0.1) is 0 Å². The van der Waals surface area contributed by atoms with E-state index in [2.05, 4.69) is 19.9 Å². The predicted molar refractivity (Wildman–Crippen MR) is 156 cm³/mol. The van der Waals surface area contributed by atoms with Gasteiger partial charge >= 0.3 is 5.97 Å². The molecule has 1 unspecified atom stereocenters. The van der Waals surface area contributed by atoms with Crippen molar-refractivity contribution >= 4 is 17.6 Å². The van der Waals surface area contributed by atoms with Crippen molar-refractivity contribution in [1.82, 2.24) is 0 Å². The topological polar surface area (TPSA) is 113 Å². The normalized spacial score (nSPS) is 14.1. The van der Waals surface area contributed by atoms with E-state index in [9.17, 15) is 10.1 Å². The molecule has 0 fully saturated rings. The molecule has 8 nitrogen and oxygen atoms in total. The number of ether oxygens (including phenoxy) is 5. The molecule has 9 heteroatoms. The number of esters is 1. The van der Waals surface area contributed by atoms with E-state index in [0.717, 1.165) is 23.1 Å². The molecule has 3 aromatic rings. The van der Waals surface area contributed by atoms with E-state index in [-0.39, 0.29) is 23.8 Å². The Morgan fingerprint density at radius 1 is 1.05 bits per heavy atom. The lowest BCUT2D eigenvalue weighted by Crippen LogP contribution is -2.22. The third kappa shape index (κ3) is 6.87. The van der Waals surface area contributed by atoms with Crippen LogP contribution >= 0.6 is 11.6 Å². The fourth-order valence-electron chi connectivity index (χ4n) is 4.52. The Bertz CT molecular complexity index is 1500. The largest absolute Gasteiger partial charge is 0.493 e. The van der Waals surface area contributed by atoms with E-state index in [0.29, 0.717) is 46.1 Å². The second-order valence-corrected chi connectivity index (χ2v) is 10.6. The van der Waals surface area contributed by atoms with E-state index in [1.165, 1.54) is 0 Å². The number of halogens is 1. The van der Waals surface area contributed by atoms with Crippen molar-refractivity contribution in [3.8, 4) is 34.8 Å². The molecule has 1 atom stereocenters. The molecular formula is C32H33ClN2O6. The average Bonchev–Trinajstić information content (AvgIpc) is 2.93. The fourth-order valence-corrected chi connectivity index (χ4v) is 4.63. The van der Waals surface area contributed by atoms with Crippen LogP contribution in [0.2, 0.25) is 5.02 Å². The first-order valence-corrected chi connectivity index (χ1v) is 13.6. The van der Waals surface area contributed by atoms with Crippen LogP contribution in [-0.2, 0) is 4.79 Å². The van der Waals surface area contributed by atoms with Crippen LogP contribution in [0.15, 0.2) is 60.0 Å². The zero-order chi connectivity index (χ0) is 29.7. The number of fused-ring (bicyclic) bond motifs is 1. The van der Waals surface area contributed by atoms with Gasteiger partial charge in [0.25, 0.3) is 0 Å². The number of benzene rings is 3. The highest BCUT2D eigenvalue weighted by Gasteiger charge is 2.32. The van der Waals surface area contributed by atoms with Gasteiger partial charge in [-0.3, -0.25) is 0 Å². The second kappa shape index (κ2) is 12.9. The van der Waals surface area contributed by atoms with Crippen LogP contribution in [0.5, 0.6) is 28.7 Å². The second-order valence-electron chi connectivity index (χ2n) is 10.2. The maximum absolute atomic E-state index is 12.5. The highest BCUT2D eigenvalue weighted by molar-refractivity contribution is 6.32. The number of nitriles is 1. The highest BCUT2D eigenvalue weighted by Crippen LogP contribution is 2.45. The number of aryl methyl sites for hydroxylation is 2. The first kappa shape index (κ1) is 29.6. The predicted octanol–water partition coefficient (Wildman–Crippen LogP) is 6.59. The molecule has 41 heavy (non-hydrogen) atoms. The quantitative estimate of drug-likeness (QED) is 0.212. The van der Waals surface area contributed by atoms with Gasteiger partial charge in [-0.2, -0.15) is 5.26 Å². The van der Waals surface area contributed by atoms with Gasteiger partial charge in [0.1, 0.15) is 28.9 Å². The van der Waals surface area contributed by atoms with Gasteiger partial charge in [-0.1, -0.05) is 37.6 Å². The van der Waals surface area contributed by atoms with Crippen LogP contribution in [0.25, 0.3) is 0 Å². The lowest BCUT2D eigenvalue weighted by Gasteiger charge is -2.27.